The molecule has 0 unspecified atom stereocenters. The zero-order chi connectivity index (χ0) is 22.5. The average molecular weight is 436 g/mol. The highest BCUT2D eigenvalue weighted by Gasteiger charge is 2.42. The third-order valence-electron chi connectivity index (χ3n) is 6.69. The second-order valence-electron chi connectivity index (χ2n) is 8.40. The topological polar surface area (TPSA) is 57.6 Å². The maximum Gasteiger partial charge on any atom is 0.454 e. The average Bonchev–Trinajstić information content (AvgIpc) is 3.06. The molecule has 0 radical (unpaired) electrons. The van der Waals surface area contributed by atoms with Crippen molar-refractivity contribution in [2.45, 2.75) is 51.2 Å². The van der Waals surface area contributed by atoms with Gasteiger partial charge in [0.05, 0.1) is 5.52 Å². The Morgan fingerprint density at radius 2 is 1.94 bits per heavy atom. The summed E-state index contributed by atoms with van der Waals surface area (Å²) in [5.41, 5.74) is 4.60. The van der Waals surface area contributed by atoms with E-state index < -0.39 is 12.0 Å². The minimum atomic E-state index is -4.96. The van der Waals surface area contributed by atoms with Crippen LogP contribution in [0.25, 0.3) is 10.9 Å². The Kier molecular flexibility index (Phi) is 5.49. The number of amides is 2. The molecule has 9 heteroatoms. The van der Waals surface area contributed by atoms with E-state index in [0.717, 1.165) is 42.3 Å². The largest absolute Gasteiger partial charge is 0.454 e. The number of likely N-dealkylation sites (tertiary alicyclic amines) is 1. The monoisotopic (exact) mass is 436 g/mol. The number of ketones is 1. The molecule has 2 amide bonds. The van der Waals surface area contributed by atoms with E-state index in [1.165, 1.54) is 16.8 Å². The van der Waals surface area contributed by atoms with Gasteiger partial charge in [-0.1, -0.05) is 0 Å². The van der Waals surface area contributed by atoms with Gasteiger partial charge in [-0.25, -0.2) is 10.2 Å². The van der Waals surface area contributed by atoms with Gasteiger partial charge in [-0.2, -0.15) is 13.2 Å². The van der Waals surface area contributed by atoms with E-state index in [4.69, 9.17) is 0 Å². The molecular formula is C22H27F3N4O2. The van der Waals surface area contributed by atoms with Gasteiger partial charge in [0.1, 0.15) is 0 Å². The molecule has 0 saturated carbocycles. The number of urea groups is 1. The van der Waals surface area contributed by atoms with Gasteiger partial charge >= 0.3 is 12.2 Å². The molecule has 168 valence electrons. The number of hydrogen-bond acceptors (Lipinski definition) is 3. The third-order valence-corrected chi connectivity index (χ3v) is 6.69. The van der Waals surface area contributed by atoms with Gasteiger partial charge in [0.25, 0.3) is 5.78 Å². The first-order chi connectivity index (χ1) is 14.7. The van der Waals surface area contributed by atoms with E-state index in [2.05, 4.69) is 10.3 Å². The molecule has 0 bridgehead atoms. The van der Waals surface area contributed by atoms with Gasteiger partial charge in [0, 0.05) is 42.2 Å². The van der Waals surface area contributed by atoms with Crippen LogP contribution in [0.3, 0.4) is 0 Å². The molecule has 2 atom stereocenters. The van der Waals surface area contributed by atoms with Crippen molar-refractivity contribution >= 4 is 22.7 Å². The van der Waals surface area contributed by atoms with Gasteiger partial charge in [-0.3, -0.25) is 9.47 Å². The number of benzene rings is 1. The highest BCUT2D eigenvalue weighted by molar-refractivity contribution is 6.04. The van der Waals surface area contributed by atoms with Crippen LogP contribution in [0, 0.1) is 0 Å². The highest BCUT2D eigenvalue weighted by Crippen LogP contribution is 2.44. The molecule has 1 aromatic heterocycles. The van der Waals surface area contributed by atoms with Crippen molar-refractivity contribution in [1.29, 1.82) is 0 Å². The SMILES string of the molecule is CCN(CC)C(=O)Nn1cc2c3c(cc(C(=O)C(F)(F)F)cc31)[C@H]1CCCN(C)[C@@H]1C2. The number of halogens is 3. The number of carbonyl (C=O) groups excluding carboxylic acids is 2. The number of likely N-dealkylation sites (N-methyl/N-ethyl adjacent to an activating group) is 1. The van der Waals surface area contributed by atoms with Crippen LogP contribution < -0.4 is 5.43 Å². The lowest BCUT2D eigenvalue weighted by molar-refractivity contribution is -0.0885. The predicted molar refractivity (Wildman–Crippen MR) is 112 cm³/mol. The smallest absolute Gasteiger partial charge is 0.324 e. The summed E-state index contributed by atoms with van der Waals surface area (Å²) in [7, 11) is 2.03. The first-order valence-electron chi connectivity index (χ1n) is 10.7. The van der Waals surface area contributed by atoms with Gasteiger partial charge in [-0.15, -0.1) is 0 Å². The predicted octanol–water partition coefficient (Wildman–Crippen LogP) is 4.13. The van der Waals surface area contributed by atoms with Crippen molar-refractivity contribution < 1.29 is 22.8 Å². The van der Waals surface area contributed by atoms with Crippen LogP contribution in [0.15, 0.2) is 18.3 Å². The molecule has 1 aliphatic carbocycles. The number of Topliss-reactive ketones (excluding diaryl/α,β-unsaturated/α-hetero) is 1. The Balaban J connectivity index is 1.87. The fourth-order valence-electron chi connectivity index (χ4n) is 5.11. The first-order valence-corrected chi connectivity index (χ1v) is 10.7. The van der Waals surface area contributed by atoms with E-state index >= 15 is 0 Å². The molecule has 1 N–H and O–H groups in total. The van der Waals surface area contributed by atoms with Crippen LogP contribution in [0.1, 0.15) is 54.1 Å². The number of aromatic nitrogens is 1. The molecule has 4 rings (SSSR count). The van der Waals surface area contributed by atoms with Gasteiger partial charge in [0.15, 0.2) is 0 Å². The lowest BCUT2D eigenvalue weighted by Crippen LogP contribution is -2.44. The number of alkyl halides is 3. The Bertz CT molecular complexity index is 1030. The number of piperidine rings is 1. The summed E-state index contributed by atoms with van der Waals surface area (Å²) >= 11 is 0. The highest BCUT2D eigenvalue weighted by atomic mass is 19.4. The van der Waals surface area contributed by atoms with Crippen molar-refractivity contribution in [2.24, 2.45) is 0 Å². The van der Waals surface area contributed by atoms with E-state index in [9.17, 15) is 22.8 Å². The number of hydrogen-bond donors (Lipinski definition) is 1. The lowest BCUT2D eigenvalue weighted by atomic mass is 9.74. The Hall–Kier alpha value is -2.55. The normalized spacial score (nSPS) is 21.1. The molecule has 1 saturated heterocycles. The standard InChI is InChI=1S/C22H27F3N4O2/c1-4-28(5-2)21(31)26-29-12-14-11-17-15(7-6-8-27(17)3)16-9-13(10-18(29)19(14)16)20(30)22(23,24)25/h9-10,12,15,17H,4-8,11H2,1-3H3,(H,26,31)/t15-,17-/m1/s1. The van der Waals surface area contributed by atoms with Crippen molar-refractivity contribution in [2.75, 3.05) is 32.1 Å². The third kappa shape index (κ3) is 3.69. The van der Waals surface area contributed by atoms with Crippen LogP contribution in [-0.4, -0.2) is 65.2 Å². The second-order valence-corrected chi connectivity index (χ2v) is 8.40. The van der Waals surface area contributed by atoms with Crippen LogP contribution in [0.4, 0.5) is 18.0 Å². The molecule has 1 aromatic carbocycles. The Morgan fingerprint density at radius 3 is 2.58 bits per heavy atom. The van der Waals surface area contributed by atoms with Crippen molar-refractivity contribution in [3.8, 4) is 0 Å². The summed E-state index contributed by atoms with van der Waals surface area (Å²) in [5, 5.41) is 0.857. The number of carbonyl (C=O) groups is 2. The summed E-state index contributed by atoms with van der Waals surface area (Å²) in [5.74, 6) is -1.80. The molecule has 2 heterocycles. The van der Waals surface area contributed by atoms with Crippen LogP contribution in [0.5, 0.6) is 0 Å². The number of fused-ring (bicyclic) bond motifs is 2. The maximum absolute atomic E-state index is 13.3. The zero-order valence-corrected chi connectivity index (χ0v) is 17.9. The van der Waals surface area contributed by atoms with Crippen LogP contribution in [0.2, 0.25) is 0 Å². The maximum atomic E-state index is 13.3. The second kappa shape index (κ2) is 7.85. The molecule has 31 heavy (non-hydrogen) atoms. The summed E-state index contributed by atoms with van der Waals surface area (Å²) < 4.78 is 41.2. The van der Waals surface area contributed by atoms with Crippen LogP contribution >= 0.6 is 0 Å². The molecule has 1 fully saturated rings. The first kappa shape index (κ1) is 21.7. The van der Waals surface area contributed by atoms with Crippen molar-refractivity contribution in [1.82, 2.24) is 14.5 Å². The molecule has 1 aliphatic heterocycles. The molecule has 0 spiro atoms. The summed E-state index contributed by atoms with van der Waals surface area (Å²) in [6.45, 7) is 5.66. The molecule has 2 aromatic rings. The summed E-state index contributed by atoms with van der Waals surface area (Å²) in [6.07, 6.45) is -0.598. The van der Waals surface area contributed by atoms with E-state index in [0.29, 0.717) is 18.6 Å². The lowest BCUT2D eigenvalue weighted by Gasteiger charge is -2.42. The van der Waals surface area contributed by atoms with Gasteiger partial charge in [-0.05, 0) is 70.0 Å². The summed E-state index contributed by atoms with van der Waals surface area (Å²) in [4.78, 5) is 28.6. The number of rotatable bonds is 4. The van der Waals surface area contributed by atoms with E-state index in [1.807, 2.05) is 20.9 Å². The molecule has 2 aliphatic rings. The molecule has 6 nitrogen and oxygen atoms in total. The number of nitrogens with zero attached hydrogens (tertiary/aromatic N) is 3. The quantitative estimate of drug-likeness (QED) is 0.734. The van der Waals surface area contributed by atoms with Gasteiger partial charge in [0.2, 0.25) is 0 Å². The minimum absolute atomic E-state index is 0.0593. The molecular weight excluding hydrogens is 409 g/mol. The minimum Gasteiger partial charge on any atom is -0.324 e. The zero-order valence-electron chi connectivity index (χ0n) is 17.9. The van der Waals surface area contributed by atoms with E-state index in [1.54, 1.807) is 11.1 Å². The van der Waals surface area contributed by atoms with E-state index in [-0.39, 0.29) is 23.6 Å². The van der Waals surface area contributed by atoms with Crippen LogP contribution in [-0.2, 0) is 6.42 Å². The fourth-order valence-corrected chi connectivity index (χ4v) is 5.11. The Morgan fingerprint density at radius 1 is 1.23 bits per heavy atom. The number of nitrogens with one attached hydrogen (secondary N) is 1. The summed E-state index contributed by atoms with van der Waals surface area (Å²) in [6, 6.07) is 2.51. The van der Waals surface area contributed by atoms with Crippen molar-refractivity contribution in [3.05, 3.63) is 35.0 Å². The van der Waals surface area contributed by atoms with Crippen molar-refractivity contribution in [3.63, 3.8) is 0 Å². The Labute approximate surface area is 178 Å². The van der Waals surface area contributed by atoms with Gasteiger partial charge < -0.3 is 9.80 Å². The fraction of sp³-hybridized carbons (Fsp3) is 0.545.